The van der Waals surface area contributed by atoms with E-state index in [0.717, 1.165) is 16.5 Å². The summed E-state index contributed by atoms with van der Waals surface area (Å²) in [5.41, 5.74) is 3.45. The SMILES string of the molecule is NS(=O)(=O)c1ccc(CCNC(=O)c2cc(-c3ccccn3)nc3ccccc23)cc1. The summed E-state index contributed by atoms with van der Waals surface area (Å²) in [6.45, 7) is 0.392. The van der Waals surface area contributed by atoms with Crippen LogP contribution in [0.5, 0.6) is 0 Å². The number of nitrogens with one attached hydrogen (secondary N) is 1. The van der Waals surface area contributed by atoms with Gasteiger partial charge in [-0.2, -0.15) is 0 Å². The maximum absolute atomic E-state index is 13.0. The number of nitrogens with two attached hydrogens (primary N) is 1. The molecule has 0 unspecified atom stereocenters. The Hall–Kier alpha value is -3.62. The quantitative estimate of drug-likeness (QED) is 0.486. The fourth-order valence-electron chi connectivity index (χ4n) is 3.27. The Morgan fingerprint density at radius 3 is 2.39 bits per heavy atom. The van der Waals surface area contributed by atoms with E-state index in [1.165, 1.54) is 12.1 Å². The summed E-state index contributed by atoms with van der Waals surface area (Å²) in [4.78, 5) is 22.0. The standard InChI is InChI=1S/C23H20N4O3S/c24-31(29,30)17-10-8-16(9-11-17)12-14-26-23(28)19-15-22(21-7-3-4-13-25-21)27-20-6-2-1-5-18(19)20/h1-11,13,15H,12,14H2,(H,26,28)(H2,24,29,30). The molecule has 2 aromatic heterocycles. The molecule has 0 radical (unpaired) electrons. The average Bonchev–Trinajstić information content (AvgIpc) is 2.78. The summed E-state index contributed by atoms with van der Waals surface area (Å²) in [7, 11) is -3.72. The van der Waals surface area contributed by atoms with Crippen LogP contribution in [0.3, 0.4) is 0 Å². The van der Waals surface area contributed by atoms with Crippen LogP contribution in [0, 0.1) is 0 Å². The number of nitrogens with zero attached hydrogens (tertiary/aromatic N) is 2. The van der Waals surface area contributed by atoms with Gasteiger partial charge in [-0.3, -0.25) is 9.78 Å². The van der Waals surface area contributed by atoms with Crippen molar-refractivity contribution in [1.82, 2.24) is 15.3 Å². The van der Waals surface area contributed by atoms with Gasteiger partial charge >= 0.3 is 0 Å². The van der Waals surface area contributed by atoms with Crippen molar-refractivity contribution in [2.45, 2.75) is 11.3 Å². The fraction of sp³-hybridized carbons (Fsp3) is 0.0870. The van der Waals surface area contributed by atoms with Crippen molar-refractivity contribution in [3.8, 4) is 11.4 Å². The van der Waals surface area contributed by atoms with Gasteiger partial charge in [0.15, 0.2) is 0 Å². The molecule has 0 saturated carbocycles. The van der Waals surface area contributed by atoms with Gasteiger partial charge in [-0.05, 0) is 48.4 Å². The molecule has 2 heterocycles. The van der Waals surface area contributed by atoms with E-state index in [1.807, 2.05) is 42.5 Å². The highest BCUT2D eigenvalue weighted by atomic mass is 32.2. The molecule has 0 saturated heterocycles. The Morgan fingerprint density at radius 1 is 0.935 bits per heavy atom. The molecule has 4 aromatic rings. The van der Waals surface area contributed by atoms with Crippen molar-refractivity contribution in [3.63, 3.8) is 0 Å². The van der Waals surface area contributed by atoms with Crippen LogP contribution < -0.4 is 10.5 Å². The van der Waals surface area contributed by atoms with E-state index in [4.69, 9.17) is 5.14 Å². The monoisotopic (exact) mass is 432 g/mol. The van der Waals surface area contributed by atoms with E-state index < -0.39 is 10.0 Å². The molecular weight excluding hydrogens is 412 g/mol. The second kappa shape index (κ2) is 8.63. The largest absolute Gasteiger partial charge is 0.352 e. The number of fused-ring (bicyclic) bond motifs is 1. The van der Waals surface area contributed by atoms with E-state index >= 15 is 0 Å². The van der Waals surface area contributed by atoms with E-state index in [9.17, 15) is 13.2 Å². The van der Waals surface area contributed by atoms with E-state index in [2.05, 4.69) is 15.3 Å². The molecule has 8 heteroatoms. The van der Waals surface area contributed by atoms with Crippen molar-refractivity contribution >= 4 is 26.8 Å². The highest BCUT2D eigenvalue weighted by Crippen LogP contribution is 2.23. The van der Waals surface area contributed by atoms with Crippen LogP contribution in [-0.2, 0) is 16.4 Å². The number of rotatable bonds is 6. The number of benzene rings is 2. The molecule has 0 fully saturated rings. The molecule has 0 atom stereocenters. The molecule has 3 N–H and O–H groups in total. The van der Waals surface area contributed by atoms with E-state index in [0.29, 0.717) is 29.9 Å². The molecule has 0 spiro atoms. The van der Waals surface area contributed by atoms with E-state index in [-0.39, 0.29) is 10.8 Å². The first-order valence-electron chi connectivity index (χ1n) is 9.63. The van der Waals surface area contributed by atoms with Crippen LogP contribution in [0.15, 0.2) is 83.9 Å². The third kappa shape index (κ3) is 4.76. The van der Waals surface area contributed by atoms with Gasteiger partial charge in [0.05, 0.1) is 27.4 Å². The molecule has 7 nitrogen and oxygen atoms in total. The van der Waals surface area contributed by atoms with Crippen molar-refractivity contribution in [1.29, 1.82) is 0 Å². The number of primary sulfonamides is 1. The van der Waals surface area contributed by atoms with Gasteiger partial charge in [-0.15, -0.1) is 0 Å². The van der Waals surface area contributed by atoms with E-state index in [1.54, 1.807) is 24.4 Å². The molecule has 31 heavy (non-hydrogen) atoms. The van der Waals surface area contributed by atoms with Gasteiger partial charge in [0.25, 0.3) is 5.91 Å². The van der Waals surface area contributed by atoms with Crippen molar-refractivity contribution in [2.75, 3.05) is 6.54 Å². The van der Waals surface area contributed by atoms with Crippen LogP contribution in [0.25, 0.3) is 22.3 Å². The summed E-state index contributed by atoms with van der Waals surface area (Å²) in [6, 6.07) is 21.1. The molecule has 1 amide bonds. The summed E-state index contributed by atoms with van der Waals surface area (Å²) >= 11 is 0. The number of aromatic nitrogens is 2. The van der Waals surface area contributed by atoms with Crippen LogP contribution in [0.2, 0.25) is 0 Å². The molecule has 0 bridgehead atoms. The highest BCUT2D eigenvalue weighted by Gasteiger charge is 2.14. The fourth-order valence-corrected chi connectivity index (χ4v) is 3.79. The predicted molar refractivity (Wildman–Crippen MR) is 119 cm³/mol. The lowest BCUT2D eigenvalue weighted by atomic mass is 10.1. The Morgan fingerprint density at radius 2 is 1.68 bits per heavy atom. The minimum absolute atomic E-state index is 0.0607. The minimum Gasteiger partial charge on any atom is -0.352 e. The molecule has 2 aromatic carbocycles. The van der Waals surface area contributed by atoms with Crippen molar-refractivity contribution < 1.29 is 13.2 Å². The Bertz CT molecular complexity index is 1340. The zero-order chi connectivity index (χ0) is 21.8. The number of sulfonamides is 1. The minimum atomic E-state index is -3.72. The lowest BCUT2D eigenvalue weighted by Crippen LogP contribution is -2.26. The van der Waals surface area contributed by atoms with Crippen LogP contribution in [0.4, 0.5) is 0 Å². The molecular formula is C23H20N4O3S. The third-order valence-corrected chi connectivity index (χ3v) is 5.77. The first kappa shape index (κ1) is 20.6. The lowest BCUT2D eigenvalue weighted by molar-refractivity contribution is 0.0955. The highest BCUT2D eigenvalue weighted by molar-refractivity contribution is 7.89. The molecule has 0 aliphatic rings. The Kier molecular flexibility index (Phi) is 5.75. The summed E-state index contributed by atoms with van der Waals surface area (Å²) in [5, 5.41) is 8.81. The third-order valence-electron chi connectivity index (χ3n) is 4.84. The number of pyridine rings is 2. The number of hydrogen-bond donors (Lipinski definition) is 2. The second-order valence-corrected chi connectivity index (χ2v) is 8.54. The molecule has 0 aliphatic carbocycles. The van der Waals surface area contributed by atoms with Gasteiger partial charge in [0.1, 0.15) is 0 Å². The number of para-hydroxylation sites is 1. The van der Waals surface area contributed by atoms with Gasteiger partial charge in [-0.25, -0.2) is 18.5 Å². The van der Waals surface area contributed by atoms with Crippen LogP contribution in [0.1, 0.15) is 15.9 Å². The summed E-state index contributed by atoms with van der Waals surface area (Å²) in [6.07, 6.45) is 2.24. The molecule has 4 rings (SSSR count). The number of amides is 1. The van der Waals surface area contributed by atoms with Crippen LogP contribution in [-0.4, -0.2) is 30.8 Å². The number of hydrogen-bond acceptors (Lipinski definition) is 5. The normalized spacial score (nSPS) is 11.4. The Balaban J connectivity index is 1.53. The zero-order valence-electron chi connectivity index (χ0n) is 16.5. The topological polar surface area (TPSA) is 115 Å². The predicted octanol–water partition coefficient (Wildman–Crippen LogP) is 2.92. The number of carbonyl (C=O) groups excluding carboxylic acids is 1. The lowest BCUT2D eigenvalue weighted by Gasteiger charge is -2.10. The number of carbonyl (C=O) groups is 1. The second-order valence-electron chi connectivity index (χ2n) is 6.98. The van der Waals surface area contributed by atoms with Crippen molar-refractivity contribution in [2.24, 2.45) is 5.14 Å². The zero-order valence-corrected chi connectivity index (χ0v) is 17.3. The molecule has 156 valence electrons. The van der Waals surface area contributed by atoms with Crippen molar-refractivity contribution in [3.05, 3.63) is 90.1 Å². The van der Waals surface area contributed by atoms with Gasteiger partial charge in [0, 0.05) is 18.1 Å². The maximum atomic E-state index is 13.0. The van der Waals surface area contributed by atoms with Gasteiger partial charge in [0.2, 0.25) is 10.0 Å². The smallest absolute Gasteiger partial charge is 0.252 e. The van der Waals surface area contributed by atoms with Gasteiger partial charge in [-0.1, -0.05) is 36.4 Å². The first-order valence-corrected chi connectivity index (χ1v) is 11.2. The maximum Gasteiger partial charge on any atom is 0.252 e. The molecule has 0 aliphatic heterocycles. The Labute approximate surface area is 180 Å². The summed E-state index contributed by atoms with van der Waals surface area (Å²) < 4.78 is 22.7. The van der Waals surface area contributed by atoms with Gasteiger partial charge < -0.3 is 5.32 Å². The summed E-state index contributed by atoms with van der Waals surface area (Å²) in [5.74, 6) is -0.211. The first-order chi connectivity index (χ1) is 14.9. The van der Waals surface area contributed by atoms with Crippen LogP contribution >= 0.6 is 0 Å². The average molecular weight is 433 g/mol.